The number of esters is 1. The minimum Gasteiger partial charge on any atom is -0.468 e. The van der Waals surface area contributed by atoms with Crippen molar-refractivity contribution < 1.29 is 9.53 Å². The first-order valence-electron chi connectivity index (χ1n) is 6.37. The molecule has 1 saturated carbocycles. The van der Waals surface area contributed by atoms with E-state index >= 15 is 0 Å². The molecule has 0 amide bonds. The lowest BCUT2D eigenvalue weighted by Gasteiger charge is -2.10. The first kappa shape index (κ1) is 13.3. The Morgan fingerprint density at radius 2 is 2.20 bits per heavy atom. The topological polar surface area (TPSA) is 61.2 Å². The number of benzene rings is 1. The Morgan fingerprint density at radius 1 is 1.45 bits per heavy atom. The van der Waals surface area contributed by atoms with E-state index in [9.17, 15) is 9.59 Å². The Balaban J connectivity index is 2.22. The normalized spacial score (nSPS) is 14.5. The van der Waals surface area contributed by atoms with E-state index in [1.165, 1.54) is 11.8 Å². The third-order valence-electron chi connectivity index (χ3n) is 3.42. The summed E-state index contributed by atoms with van der Waals surface area (Å²) < 4.78 is 6.73. The highest BCUT2D eigenvalue weighted by atomic mass is 79.9. The first-order valence-corrected chi connectivity index (χ1v) is 7.16. The fourth-order valence-electron chi connectivity index (χ4n) is 2.24. The maximum absolute atomic E-state index is 12.4. The minimum atomic E-state index is -0.474. The molecule has 1 aliphatic carbocycles. The summed E-state index contributed by atoms with van der Waals surface area (Å²) in [6.45, 7) is -0.152. The molecule has 104 valence electrons. The van der Waals surface area contributed by atoms with Crippen LogP contribution in [0, 0.1) is 0 Å². The molecule has 20 heavy (non-hydrogen) atoms. The van der Waals surface area contributed by atoms with Gasteiger partial charge < -0.3 is 4.74 Å². The first-order chi connectivity index (χ1) is 9.60. The van der Waals surface area contributed by atoms with Crippen molar-refractivity contribution in [2.75, 3.05) is 7.11 Å². The summed E-state index contributed by atoms with van der Waals surface area (Å²) in [5.41, 5.74) is 0.632. The van der Waals surface area contributed by atoms with E-state index in [4.69, 9.17) is 0 Å². The molecule has 6 heteroatoms. The molecule has 1 fully saturated rings. The second-order valence-electron chi connectivity index (χ2n) is 4.89. The molecule has 0 atom stereocenters. The van der Waals surface area contributed by atoms with Crippen LogP contribution >= 0.6 is 15.9 Å². The molecule has 1 aliphatic rings. The minimum absolute atomic E-state index is 0.152. The van der Waals surface area contributed by atoms with Gasteiger partial charge in [0.05, 0.1) is 18.2 Å². The van der Waals surface area contributed by atoms with Gasteiger partial charge in [0, 0.05) is 15.8 Å². The largest absolute Gasteiger partial charge is 0.468 e. The Labute approximate surface area is 123 Å². The number of hydrogen-bond donors (Lipinski definition) is 0. The Kier molecular flexibility index (Phi) is 3.33. The quantitative estimate of drug-likeness (QED) is 0.806. The van der Waals surface area contributed by atoms with Crippen LogP contribution in [0.5, 0.6) is 0 Å². The van der Waals surface area contributed by atoms with Crippen molar-refractivity contribution in [3.8, 4) is 0 Å². The summed E-state index contributed by atoms with van der Waals surface area (Å²) in [6, 6.07) is 5.51. The number of methoxy groups -OCH3 is 1. The Bertz CT molecular complexity index is 750. The zero-order valence-electron chi connectivity index (χ0n) is 10.9. The fraction of sp³-hybridized carbons (Fsp3) is 0.357. The number of aromatic nitrogens is 2. The third kappa shape index (κ3) is 2.35. The summed E-state index contributed by atoms with van der Waals surface area (Å²) in [6.07, 6.45) is 2.15. The van der Waals surface area contributed by atoms with Gasteiger partial charge >= 0.3 is 5.97 Å². The van der Waals surface area contributed by atoms with Crippen LogP contribution in [0.3, 0.4) is 0 Å². The molecule has 3 rings (SSSR count). The van der Waals surface area contributed by atoms with E-state index in [1.54, 1.807) is 6.07 Å². The van der Waals surface area contributed by atoms with Gasteiger partial charge in [-0.05, 0) is 31.0 Å². The highest BCUT2D eigenvalue weighted by molar-refractivity contribution is 9.10. The van der Waals surface area contributed by atoms with Gasteiger partial charge in [0.15, 0.2) is 0 Å². The second-order valence-corrected chi connectivity index (χ2v) is 5.80. The zero-order valence-corrected chi connectivity index (χ0v) is 12.5. The Morgan fingerprint density at radius 3 is 2.85 bits per heavy atom. The summed E-state index contributed by atoms with van der Waals surface area (Å²) in [5.74, 6) is -0.0888. The molecule has 0 saturated heterocycles. The van der Waals surface area contributed by atoms with Gasteiger partial charge in [0.2, 0.25) is 0 Å². The van der Waals surface area contributed by atoms with E-state index in [-0.39, 0.29) is 12.1 Å². The van der Waals surface area contributed by atoms with Crippen LogP contribution in [0.25, 0.3) is 10.8 Å². The molecule has 5 nitrogen and oxygen atoms in total. The average molecular weight is 337 g/mol. The van der Waals surface area contributed by atoms with Crippen LogP contribution in [0.15, 0.2) is 27.5 Å². The molecular weight excluding hydrogens is 324 g/mol. The third-order valence-corrected chi connectivity index (χ3v) is 3.91. The van der Waals surface area contributed by atoms with Gasteiger partial charge in [-0.2, -0.15) is 5.10 Å². The summed E-state index contributed by atoms with van der Waals surface area (Å²) >= 11 is 3.42. The lowest BCUT2D eigenvalue weighted by Crippen LogP contribution is -2.28. The van der Waals surface area contributed by atoms with Crippen molar-refractivity contribution in [2.45, 2.75) is 25.3 Å². The van der Waals surface area contributed by atoms with E-state index in [1.807, 2.05) is 12.1 Å². The average Bonchev–Trinajstić information content (AvgIpc) is 3.26. The molecule has 2 aromatic rings. The molecule has 0 radical (unpaired) electrons. The number of carbonyl (C=O) groups excluding carboxylic acids is 1. The van der Waals surface area contributed by atoms with Crippen molar-refractivity contribution in [1.82, 2.24) is 9.78 Å². The number of ether oxygens (including phenoxy) is 1. The molecule has 0 spiro atoms. The Hall–Kier alpha value is -1.69. The van der Waals surface area contributed by atoms with Crippen LogP contribution in [0.1, 0.15) is 24.5 Å². The van der Waals surface area contributed by atoms with Crippen molar-refractivity contribution in [1.29, 1.82) is 0 Å². The molecule has 1 aromatic carbocycles. The van der Waals surface area contributed by atoms with Gasteiger partial charge in [-0.3, -0.25) is 9.59 Å². The molecule has 1 heterocycles. The summed E-state index contributed by atoms with van der Waals surface area (Å²) in [7, 11) is 1.30. The molecule has 0 N–H and O–H groups in total. The molecule has 0 aliphatic heterocycles. The number of rotatable bonds is 3. The summed E-state index contributed by atoms with van der Waals surface area (Å²) in [5, 5.41) is 5.83. The van der Waals surface area contributed by atoms with E-state index < -0.39 is 5.97 Å². The smallest absolute Gasteiger partial charge is 0.327 e. The van der Waals surface area contributed by atoms with Gasteiger partial charge in [-0.1, -0.05) is 15.9 Å². The number of hydrogen-bond acceptors (Lipinski definition) is 4. The SMILES string of the molecule is COC(=O)Cn1nc(C2CC2)c2cc(Br)ccc2c1=O. The predicted octanol–water partition coefficient (Wildman–Crippen LogP) is 2.21. The monoisotopic (exact) mass is 336 g/mol. The van der Waals surface area contributed by atoms with Crippen LogP contribution < -0.4 is 5.56 Å². The standard InChI is InChI=1S/C14H13BrN2O3/c1-20-12(18)7-17-14(19)10-5-4-9(15)6-11(10)13(16-17)8-2-3-8/h4-6,8H,2-3,7H2,1H3. The van der Waals surface area contributed by atoms with E-state index in [2.05, 4.69) is 25.8 Å². The number of fused-ring (bicyclic) bond motifs is 1. The highest BCUT2D eigenvalue weighted by Crippen LogP contribution is 2.41. The maximum Gasteiger partial charge on any atom is 0.327 e. The van der Waals surface area contributed by atoms with Gasteiger partial charge in [0.25, 0.3) is 5.56 Å². The highest BCUT2D eigenvalue weighted by Gasteiger charge is 2.28. The van der Waals surface area contributed by atoms with Gasteiger partial charge in [-0.25, -0.2) is 4.68 Å². The number of carbonyl (C=O) groups is 1. The van der Waals surface area contributed by atoms with Crippen LogP contribution in [-0.2, 0) is 16.1 Å². The maximum atomic E-state index is 12.4. The van der Waals surface area contributed by atoms with Crippen LogP contribution in [0.4, 0.5) is 0 Å². The number of nitrogens with zero attached hydrogens (tertiary/aromatic N) is 2. The fourth-order valence-corrected chi connectivity index (χ4v) is 2.60. The van der Waals surface area contributed by atoms with E-state index in [0.717, 1.165) is 28.4 Å². The molecular formula is C14H13BrN2O3. The summed E-state index contributed by atoms with van der Waals surface area (Å²) in [4.78, 5) is 23.8. The molecule has 0 unspecified atom stereocenters. The number of halogens is 1. The molecule has 1 aromatic heterocycles. The lowest BCUT2D eigenvalue weighted by molar-refractivity contribution is -0.141. The van der Waals surface area contributed by atoms with Crippen molar-refractivity contribution in [2.24, 2.45) is 0 Å². The predicted molar refractivity (Wildman–Crippen MR) is 77.7 cm³/mol. The molecule has 0 bridgehead atoms. The lowest BCUT2D eigenvalue weighted by atomic mass is 10.1. The van der Waals surface area contributed by atoms with Crippen molar-refractivity contribution in [3.05, 3.63) is 38.7 Å². The van der Waals surface area contributed by atoms with Crippen molar-refractivity contribution >= 4 is 32.7 Å². The van der Waals surface area contributed by atoms with Crippen molar-refractivity contribution in [3.63, 3.8) is 0 Å². The zero-order chi connectivity index (χ0) is 14.3. The van der Waals surface area contributed by atoms with Crippen LogP contribution in [-0.4, -0.2) is 22.9 Å². The second kappa shape index (κ2) is 5.01. The van der Waals surface area contributed by atoms with Crippen LogP contribution in [0.2, 0.25) is 0 Å². The van der Waals surface area contributed by atoms with E-state index in [0.29, 0.717) is 11.3 Å². The van der Waals surface area contributed by atoms with Gasteiger partial charge in [-0.15, -0.1) is 0 Å². The van der Waals surface area contributed by atoms with Gasteiger partial charge in [0.1, 0.15) is 6.54 Å².